The number of nitrogens with two attached hydrogens (primary N) is 2. The zero-order valence-electron chi connectivity index (χ0n) is 13.1. The van der Waals surface area contributed by atoms with Gasteiger partial charge in [-0.05, 0) is 41.8 Å². The van der Waals surface area contributed by atoms with Gasteiger partial charge in [-0.2, -0.15) is 0 Å². The van der Waals surface area contributed by atoms with E-state index in [2.05, 4.69) is 13.2 Å². The zero-order valence-corrected chi connectivity index (χ0v) is 13.1. The van der Waals surface area contributed by atoms with E-state index in [1.54, 1.807) is 12.2 Å². The van der Waals surface area contributed by atoms with Crippen LogP contribution in [-0.2, 0) is 6.42 Å². The molecule has 120 valence electrons. The van der Waals surface area contributed by atoms with Gasteiger partial charge in [0.25, 0.3) is 0 Å². The summed E-state index contributed by atoms with van der Waals surface area (Å²) in [5, 5.41) is 0. The van der Waals surface area contributed by atoms with E-state index in [9.17, 15) is 0 Å². The van der Waals surface area contributed by atoms with Crippen LogP contribution in [0.2, 0.25) is 0 Å². The Bertz CT molecular complexity index is 636. The largest absolute Gasteiger partial charge is 0.487 e. The summed E-state index contributed by atoms with van der Waals surface area (Å²) in [7, 11) is 0. The molecule has 0 heterocycles. The van der Waals surface area contributed by atoms with Crippen LogP contribution < -0.4 is 20.9 Å². The van der Waals surface area contributed by atoms with Gasteiger partial charge in [0, 0.05) is 0 Å². The SMILES string of the molecule is C=CCOc1cc(Cc2ccc(N)c(OCC=C)c2)ccc1N. The van der Waals surface area contributed by atoms with Crippen molar-refractivity contribution >= 4 is 11.4 Å². The van der Waals surface area contributed by atoms with Crippen LogP contribution in [0, 0.1) is 0 Å². The maximum absolute atomic E-state index is 5.92. The highest BCUT2D eigenvalue weighted by Crippen LogP contribution is 2.27. The average Bonchev–Trinajstić information content (AvgIpc) is 2.55. The van der Waals surface area contributed by atoms with Gasteiger partial charge in [-0.3, -0.25) is 0 Å². The minimum atomic E-state index is 0.426. The lowest BCUT2D eigenvalue weighted by Gasteiger charge is -2.11. The molecule has 23 heavy (non-hydrogen) atoms. The maximum atomic E-state index is 5.92. The summed E-state index contributed by atoms with van der Waals surface area (Å²) in [5.41, 5.74) is 15.3. The molecule has 4 N–H and O–H groups in total. The molecule has 0 aliphatic rings. The van der Waals surface area contributed by atoms with Crippen LogP contribution in [0.3, 0.4) is 0 Å². The lowest BCUT2D eigenvalue weighted by Crippen LogP contribution is -2.00. The van der Waals surface area contributed by atoms with Crippen molar-refractivity contribution in [2.24, 2.45) is 0 Å². The maximum Gasteiger partial charge on any atom is 0.142 e. The van der Waals surface area contributed by atoms with Crippen LogP contribution in [0.25, 0.3) is 0 Å². The topological polar surface area (TPSA) is 70.5 Å². The van der Waals surface area contributed by atoms with E-state index >= 15 is 0 Å². The van der Waals surface area contributed by atoms with Crippen LogP contribution >= 0.6 is 0 Å². The molecule has 0 bridgehead atoms. The molecule has 2 aromatic carbocycles. The van der Waals surface area contributed by atoms with E-state index < -0.39 is 0 Å². The molecule has 2 aromatic rings. The normalized spacial score (nSPS) is 10.1. The summed E-state index contributed by atoms with van der Waals surface area (Å²) in [6, 6.07) is 11.5. The number of hydrogen-bond acceptors (Lipinski definition) is 4. The van der Waals surface area contributed by atoms with Gasteiger partial charge < -0.3 is 20.9 Å². The Balaban J connectivity index is 2.18. The highest BCUT2D eigenvalue weighted by Gasteiger charge is 2.06. The van der Waals surface area contributed by atoms with E-state index in [0.717, 1.165) is 17.5 Å². The number of anilines is 2. The van der Waals surface area contributed by atoms with Crippen LogP contribution in [0.4, 0.5) is 11.4 Å². The minimum Gasteiger partial charge on any atom is -0.487 e. The Kier molecular flexibility index (Phi) is 5.69. The van der Waals surface area contributed by atoms with Crippen molar-refractivity contribution < 1.29 is 9.47 Å². The summed E-state index contributed by atoms with van der Waals surface area (Å²) >= 11 is 0. The Labute approximate surface area is 137 Å². The first kappa shape index (κ1) is 16.5. The van der Waals surface area contributed by atoms with Crippen LogP contribution in [-0.4, -0.2) is 13.2 Å². The average molecular weight is 310 g/mol. The molecular weight excluding hydrogens is 288 g/mol. The molecule has 4 heteroatoms. The molecule has 0 aliphatic heterocycles. The van der Waals surface area contributed by atoms with Gasteiger partial charge >= 0.3 is 0 Å². The first-order chi connectivity index (χ1) is 11.1. The number of rotatable bonds is 8. The number of benzene rings is 2. The fourth-order valence-electron chi connectivity index (χ4n) is 2.16. The van der Waals surface area contributed by atoms with E-state index in [1.807, 2.05) is 36.4 Å². The predicted molar refractivity (Wildman–Crippen MR) is 95.9 cm³/mol. The Morgan fingerprint density at radius 2 is 1.22 bits per heavy atom. The second kappa shape index (κ2) is 7.94. The van der Waals surface area contributed by atoms with E-state index in [1.165, 1.54) is 0 Å². The molecule has 0 amide bonds. The van der Waals surface area contributed by atoms with Crippen molar-refractivity contribution in [1.82, 2.24) is 0 Å². The van der Waals surface area contributed by atoms with Crippen molar-refractivity contribution in [2.45, 2.75) is 6.42 Å². The highest BCUT2D eigenvalue weighted by atomic mass is 16.5. The Morgan fingerprint density at radius 3 is 1.61 bits per heavy atom. The lowest BCUT2D eigenvalue weighted by atomic mass is 10.0. The van der Waals surface area contributed by atoms with Crippen molar-refractivity contribution in [1.29, 1.82) is 0 Å². The van der Waals surface area contributed by atoms with Gasteiger partial charge in [0.05, 0.1) is 11.4 Å². The van der Waals surface area contributed by atoms with E-state index in [4.69, 9.17) is 20.9 Å². The fourth-order valence-corrected chi connectivity index (χ4v) is 2.16. The molecule has 0 aromatic heterocycles. The fraction of sp³-hybridized carbons (Fsp3) is 0.158. The van der Waals surface area contributed by atoms with Crippen LogP contribution in [0.15, 0.2) is 61.7 Å². The molecular formula is C19H22N2O2. The van der Waals surface area contributed by atoms with Gasteiger partial charge in [-0.25, -0.2) is 0 Å². The third-order valence-corrected chi connectivity index (χ3v) is 3.28. The van der Waals surface area contributed by atoms with E-state index in [0.29, 0.717) is 36.1 Å². The van der Waals surface area contributed by atoms with Gasteiger partial charge in [0.15, 0.2) is 0 Å². The number of hydrogen-bond donors (Lipinski definition) is 2. The lowest BCUT2D eigenvalue weighted by molar-refractivity contribution is 0.364. The molecule has 0 saturated carbocycles. The van der Waals surface area contributed by atoms with Gasteiger partial charge in [-0.15, -0.1) is 0 Å². The first-order valence-electron chi connectivity index (χ1n) is 7.38. The monoisotopic (exact) mass is 310 g/mol. The molecule has 0 spiro atoms. The van der Waals surface area contributed by atoms with E-state index in [-0.39, 0.29) is 0 Å². The molecule has 0 atom stereocenters. The predicted octanol–water partition coefficient (Wildman–Crippen LogP) is 3.57. The molecule has 0 saturated heterocycles. The van der Waals surface area contributed by atoms with Crippen LogP contribution in [0.5, 0.6) is 11.5 Å². The van der Waals surface area contributed by atoms with Crippen molar-refractivity contribution in [3.8, 4) is 11.5 Å². The van der Waals surface area contributed by atoms with Gasteiger partial charge in [0.2, 0.25) is 0 Å². The molecule has 0 unspecified atom stereocenters. The summed E-state index contributed by atoms with van der Waals surface area (Å²) < 4.78 is 11.1. The smallest absolute Gasteiger partial charge is 0.142 e. The quantitative estimate of drug-likeness (QED) is 0.577. The summed E-state index contributed by atoms with van der Waals surface area (Å²) in [4.78, 5) is 0. The summed E-state index contributed by atoms with van der Waals surface area (Å²) in [5.74, 6) is 1.34. The third kappa shape index (κ3) is 4.54. The van der Waals surface area contributed by atoms with Crippen molar-refractivity contribution in [3.05, 3.63) is 72.8 Å². The summed E-state index contributed by atoms with van der Waals surface area (Å²) in [6.07, 6.45) is 4.11. The van der Waals surface area contributed by atoms with Gasteiger partial charge in [-0.1, -0.05) is 37.4 Å². The number of ether oxygens (including phenoxy) is 2. The third-order valence-electron chi connectivity index (χ3n) is 3.28. The first-order valence-corrected chi connectivity index (χ1v) is 7.38. The minimum absolute atomic E-state index is 0.426. The molecule has 4 nitrogen and oxygen atoms in total. The Hall–Kier alpha value is -2.88. The van der Waals surface area contributed by atoms with Gasteiger partial charge in [0.1, 0.15) is 24.7 Å². The zero-order chi connectivity index (χ0) is 16.7. The van der Waals surface area contributed by atoms with Crippen LogP contribution in [0.1, 0.15) is 11.1 Å². The Morgan fingerprint density at radius 1 is 0.783 bits per heavy atom. The second-order valence-corrected chi connectivity index (χ2v) is 5.12. The highest BCUT2D eigenvalue weighted by molar-refractivity contribution is 5.56. The standard InChI is InChI=1S/C19H22N2O2/c1-3-9-22-18-12-14(5-7-16(18)20)11-15-6-8-17(21)19(13-15)23-10-4-2/h3-8,12-13H,1-2,9-11,20-21H2. The molecule has 0 aliphatic carbocycles. The molecule has 0 fully saturated rings. The number of nitrogen functional groups attached to an aromatic ring is 2. The second-order valence-electron chi connectivity index (χ2n) is 5.12. The van der Waals surface area contributed by atoms with Crippen molar-refractivity contribution in [2.75, 3.05) is 24.7 Å². The van der Waals surface area contributed by atoms with Crippen molar-refractivity contribution in [3.63, 3.8) is 0 Å². The molecule has 0 radical (unpaired) electrons. The molecule has 2 rings (SSSR count). The summed E-state index contributed by atoms with van der Waals surface area (Å²) in [6.45, 7) is 8.13.